The first-order chi connectivity index (χ1) is 7.45. The first-order valence-electron chi connectivity index (χ1n) is 5.69. The number of hydrogen-bond donors (Lipinski definition) is 1. The molecule has 2 rings (SSSR count). The van der Waals surface area contributed by atoms with Crippen LogP contribution in [0.25, 0.3) is 0 Å². The van der Waals surface area contributed by atoms with Crippen LogP contribution < -0.4 is 5.32 Å². The smallest absolute Gasteiger partial charge is 0.148 e. The normalized spacial score (nSPS) is 16.8. The van der Waals surface area contributed by atoms with Gasteiger partial charge < -0.3 is 10.2 Å². The first-order valence-corrected chi connectivity index (χ1v) is 5.69. The Morgan fingerprint density at radius 2 is 2.20 bits per heavy atom. The molecule has 0 bridgehead atoms. The highest BCUT2D eigenvalue weighted by Crippen LogP contribution is 2.07. The summed E-state index contributed by atoms with van der Waals surface area (Å²) < 4.78 is 0. The summed E-state index contributed by atoms with van der Waals surface area (Å²) in [6.07, 6.45) is 5.61. The molecule has 1 fully saturated rings. The fourth-order valence-corrected chi connectivity index (χ4v) is 1.92. The predicted molar refractivity (Wildman–Crippen MR) is 60.8 cm³/mol. The summed E-state index contributed by atoms with van der Waals surface area (Å²) in [5.41, 5.74) is 0. The molecule has 0 atom stereocenters. The molecule has 1 aliphatic rings. The van der Waals surface area contributed by atoms with Gasteiger partial charge >= 0.3 is 0 Å². The molecule has 0 aromatic carbocycles. The second-order valence-corrected chi connectivity index (χ2v) is 3.94. The fraction of sp³-hybridized carbons (Fsp3) is 0.636. The van der Waals surface area contributed by atoms with Gasteiger partial charge in [0.25, 0.3) is 0 Å². The highest BCUT2D eigenvalue weighted by molar-refractivity contribution is 5.30. The zero-order valence-electron chi connectivity index (χ0n) is 9.02. The Balaban J connectivity index is 1.59. The zero-order valence-corrected chi connectivity index (χ0v) is 9.02. The lowest BCUT2D eigenvalue weighted by atomic mass is 10.4. The van der Waals surface area contributed by atoms with Crippen molar-refractivity contribution in [2.45, 2.75) is 19.3 Å². The average molecular weight is 206 g/mol. The lowest BCUT2D eigenvalue weighted by Gasteiger charge is -2.14. The van der Waals surface area contributed by atoms with Gasteiger partial charge in [0.15, 0.2) is 0 Å². The van der Waals surface area contributed by atoms with Crippen LogP contribution in [0.3, 0.4) is 0 Å². The number of likely N-dealkylation sites (tertiary alicyclic amines) is 1. The number of nitrogens with zero attached hydrogens (tertiary/aromatic N) is 3. The molecular formula is C11H18N4. The average Bonchev–Trinajstić information content (AvgIpc) is 2.79. The van der Waals surface area contributed by atoms with Gasteiger partial charge in [-0.1, -0.05) is 0 Å². The quantitative estimate of drug-likeness (QED) is 0.739. The van der Waals surface area contributed by atoms with E-state index in [1.165, 1.54) is 38.9 Å². The van der Waals surface area contributed by atoms with Gasteiger partial charge in [-0.05, 0) is 51.0 Å². The second kappa shape index (κ2) is 5.66. The molecule has 1 saturated heterocycles. The highest BCUT2D eigenvalue weighted by Gasteiger charge is 2.09. The monoisotopic (exact) mass is 206 g/mol. The van der Waals surface area contributed by atoms with Crippen molar-refractivity contribution in [1.82, 2.24) is 15.1 Å². The van der Waals surface area contributed by atoms with E-state index < -0.39 is 0 Å². The van der Waals surface area contributed by atoms with Crippen molar-refractivity contribution < 1.29 is 0 Å². The van der Waals surface area contributed by atoms with E-state index in [0.717, 1.165) is 12.4 Å². The molecule has 0 radical (unpaired) electrons. The first kappa shape index (κ1) is 10.4. The van der Waals surface area contributed by atoms with Crippen molar-refractivity contribution in [1.29, 1.82) is 0 Å². The summed E-state index contributed by atoms with van der Waals surface area (Å²) in [5, 5.41) is 11.1. The molecular weight excluding hydrogens is 188 g/mol. The summed E-state index contributed by atoms with van der Waals surface area (Å²) in [6.45, 7) is 4.75. The molecule has 0 spiro atoms. The van der Waals surface area contributed by atoms with Gasteiger partial charge in [-0.25, -0.2) is 0 Å². The molecule has 4 heteroatoms. The summed E-state index contributed by atoms with van der Waals surface area (Å²) in [5.74, 6) is 0.874. The largest absolute Gasteiger partial charge is 0.369 e. The van der Waals surface area contributed by atoms with Crippen LogP contribution in [-0.4, -0.2) is 41.3 Å². The molecule has 4 nitrogen and oxygen atoms in total. The second-order valence-electron chi connectivity index (χ2n) is 3.94. The van der Waals surface area contributed by atoms with Gasteiger partial charge in [-0.3, -0.25) is 0 Å². The maximum atomic E-state index is 3.97. The number of rotatable bonds is 5. The number of aromatic nitrogens is 2. The SMILES string of the molecule is c1cnnc(NCCCN2CCCC2)c1. The van der Waals surface area contributed by atoms with Crippen molar-refractivity contribution in [2.75, 3.05) is 31.5 Å². The van der Waals surface area contributed by atoms with Crippen molar-refractivity contribution in [3.8, 4) is 0 Å². The van der Waals surface area contributed by atoms with E-state index in [1.54, 1.807) is 6.20 Å². The minimum Gasteiger partial charge on any atom is -0.369 e. The van der Waals surface area contributed by atoms with Crippen molar-refractivity contribution >= 4 is 5.82 Å². The Labute approximate surface area is 90.7 Å². The summed E-state index contributed by atoms with van der Waals surface area (Å²) >= 11 is 0. The Hall–Kier alpha value is -1.16. The minimum absolute atomic E-state index is 0.874. The minimum atomic E-state index is 0.874. The molecule has 15 heavy (non-hydrogen) atoms. The van der Waals surface area contributed by atoms with Gasteiger partial charge in [0.2, 0.25) is 0 Å². The van der Waals surface area contributed by atoms with E-state index >= 15 is 0 Å². The van der Waals surface area contributed by atoms with Gasteiger partial charge in [-0.2, -0.15) is 5.10 Å². The molecule has 2 heterocycles. The Bertz CT molecular complexity index is 269. The zero-order chi connectivity index (χ0) is 10.3. The topological polar surface area (TPSA) is 41.1 Å². The predicted octanol–water partition coefficient (Wildman–Crippen LogP) is 1.37. The maximum Gasteiger partial charge on any atom is 0.148 e. The van der Waals surface area contributed by atoms with Gasteiger partial charge in [0.05, 0.1) is 0 Å². The van der Waals surface area contributed by atoms with E-state index in [-0.39, 0.29) is 0 Å². The molecule has 0 saturated carbocycles. The van der Waals surface area contributed by atoms with Crippen LogP contribution in [-0.2, 0) is 0 Å². The van der Waals surface area contributed by atoms with Crippen LogP contribution in [0.15, 0.2) is 18.3 Å². The van der Waals surface area contributed by atoms with Crippen LogP contribution in [0, 0.1) is 0 Å². The Morgan fingerprint density at radius 3 is 2.93 bits per heavy atom. The lowest BCUT2D eigenvalue weighted by molar-refractivity contribution is 0.337. The van der Waals surface area contributed by atoms with Crippen LogP contribution in [0.2, 0.25) is 0 Å². The van der Waals surface area contributed by atoms with E-state index in [4.69, 9.17) is 0 Å². The highest BCUT2D eigenvalue weighted by atomic mass is 15.2. The van der Waals surface area contributed by atoms with Crippen molar-refractivity contribution in [3.05, 3.63) is 18.3 Å². The Morgan fingerprint density at radius 1 is 1.33 bits per heavy atom. The number of nitrogens with one attached hydrogen (secondary N) is 1. The maximum absolute atomic E-state index is 3.97. The molecule has 1 aromatic heterocycles. The molecule has 1 N–H and O–H groups in total. The molecule has 0 aliphatic carbocycles. The molecule has 0 unspecified atom stereocenters. The third kappa shape index (κ3) is 3.47. The third-order valence-electron chi connectivity index (χ3n) is 2.73. The summed E-state index contributed by atoms with van der Waals surface area (Å²) in [6, 6.07) is 3.85. The van der Waals surface area contributed by atoms with Gasteiger partial charge in [0, 0.05) is 12.7 Å². The van der Waals surface area contributed by atoms with Crippen LogP contribution in [0.5, 0.6) is 0 Å². The van der Waals surface area contributed by atoms with E-state index in [1.807, 2.05) is 12.1 Å². The molecule has 1 aliphatic heterocycles. The fourth-order valence-electron chi connectivity index (χ4n) is 1.92. The number of hydrogen-bond acceptors (Lipinski definition) is 4. The van der Waals surface area contributed by atoms with Crippen molar-refractivity contribution in [2.24, 2.45) is 0 Å². The Kier molecular flexibility index (Phi) is 3.91. The van der Waals surface area contributed by atoms with E-state index in [2.05, 4.69) is 20.4 Å². The van der Waals surface area contributed by atoms with Crippen LogP contribution in [0.1, 0.15) is 19.3 Å². The van der Waals surface area contributed by atoms with E-state index in [0.29, 0.717) is 0 Å². The van der Waals surface area contributed by atoms with Crippen LogP contribution in [0.4, 0.5) is 5.82 Å². The number of anilines is 1. The summed E-state index contributed by atoms with van der Waals surface area (Å²) in [7, 11) is 0. The standard InChI is InChI=1S/C11H18N4/c1-2-9-15(8-1)10-4-6-12-11-5-3-7-13-14-11/h3,5,7H,1-2,4,6,8-10H2,(H,12,14). The third-order valence-corrected chi connectivity index (χ3v) is 2.73. The van der Waals surface area contributed by atoms with Crippen molar-refractivity contribution in [3.63, 3.8) is 0 Å². The van der Waals surface area contributed by atoms with Gasteiger partial charge in [-0.15, -0.1) is 5.10 Å². The van der Waals surface area contributed by atoms with Crippen LogP contribution >= 0.6 is 0 Å². The lowest BCUT2D eigenvalue weighted by Crippen LogP contribution is -2.22. The molecule has 1 aromatic rings. The summed E-state index contributed by atoms with van der Waals surface area (Å²) in [4.78, 5) is 2.53. The molecule has 0 amide bonds. The van der Waals surface area contributed by atoms with E-state index in [9.17, 15) is 0 Å². The molecule has 82 valence electrons. The van der Waals surface area contributed by atoms with Gasteiger partial charge in [0.1, 0.15) is 5.82 Å².